The van der Waals surface area contributed by atoms with Gasteiger partial charge in [-0.25, -0.2) is 8.42 Å². The lowest BCUT2D eigenvalue weighted by Crippen LogP contribution is -2.56. The normalized spacial score (nSPS) is 12.5. The fraction of sp³-hybridized carbons (Fsp3) is 0.481. The average molecular weight is 518 g/mol. The predicted octanol–water partition coefficient (Wildman–Crippen LogP) is 3.62. The molecule has 0 aliphatic carbocycles. The van der Waals surface area contributed by atoms with Gasteiger partial charge < -0.3 is 15.0 Å². The van der Waals surface area contributed by atoms with E-state index in [0.717, 1.165) is 16.1 Å². The average Bonchev–Trinajstić information content (AvgIpc) is 2.79. The Bertz CT molecular complexity index is 1110. The smallest absolute Gasteiger partial charge is 0.244 e. The number of para-hydroxylation sites is 2. The molecule has 1 N–H and O–H groups in total. The molecule has 2 aromatic carbocycles. The molecule has 0 saturated carbocycles. The Balaban J connectivity index is 2.43. The first-order chi connectivity index (χ1) is 16.9. The molecule has 2 rings (SSSR count). The van der Waals surface area contributed by atoms with Crippen molar-refractivity contribution in [3.8, 4) is 5.75 Å². The molecule has 0 heterocycles. The number of anilines is 1. The summed E-state index contributed by atoms with van der Waals surface area (Å²) in [6.45, 7) is 9.45. The molecule has 0 radical (unpaired) electrons. The highest BCUT2D eigenvalue weighted by molar-refractivity contribution is 7.92. The topological polar surface area (TPSA) is 96.0 Å². The molecule has 9 heteroatoms. The monoisotopic (exact) mass is 517 g/mol. The summed E-state index contributed by atoms with van der Waals surface area (Å²) in [5.74, 6) is -0.364. The van der Waals surface area contributed by atoms with Crippen LogP contribution in [0.3, 0.4) is 0 Å². The molecule has 1 unspecified atom stereocenters. The SMILES string of the molecule is CCOc1ccccc1N(CC(=O)N(CCc1ccccc1)C(CC)C(=O)NC(C)(C)C)S(C)(=O)=O. The molecule has 0 saturated heterocycles. The van der Waals surface area contributed by atoms with Crippen LogP contribution in [-0.2, 0) is 26.0 Å². The van der Waals surface area contributed by atoms with Crippen LogP contribution in [0.5, 0.6) is 5.75 Å². The first-order valence-electron chi connectivity index (χ1n) is 12.2. The highest BCUT2D eigenvalue weighted by Gasteiger charge is 2.33. The summed E-state index contributed by atoms with van der Waals surface area (Å²) in [7, 11) is -3.83. The minimum atomic E-state index is -3.83. The van der Waals surface area contributed by atoms with E-state index < -0.39 is 34.1 Å². The van der Waals surface area contributed by atoms with Gasteiger partial charge in [0, 0.05) is 12.1 Å². The Kier molecular flexibility index (Phi) is 10.3. The van der Waals surface area contributed by atoms with Crippen molar-refractivity contribution in [3.05, 3.63) is 60.2 Å². The largest absolute Gasteiger partial charge is 0.492 e. The Morgan fingerprint density at radius 3 is 2.17 bits per heavy atom. The van der Waals surface area contributed by atoms with E-state index in [9.17, 15) is 18.0 Å². The Morgan fingerprint density at radius 2 is 1.61 bits per heavy atom. The van der Waals surface area contributed by atoms with Gasteiger partial charge >= 0.3 is 0 Å². The van der Waals surface area contributed by atoms with E-state index in [2.05, 4.69) is 5.32 Å². The van der Waals surface area contributed by atoms with Crippen molar-refractivity contribution in [1.82, 2.24) is 10.2 Å². The molecule has 198 valence electrons. The third-order valence-electron chi connectivity index (χ3n) is 5.48. The summed E-state index contributed by atoms with van der Waals surface area (Å²) in [4.78, 5) is 28.4. The first kappa shape index (κ1) is 29.2. The molecule has 0 aromatic heterocycles. The van der Waals surface area contributed by atoms with Gasteiger partial charge in [-0.05, 0) is 58.2 Å². The van der Waals surface area contributed by atoms with Gasteiger partial charge in [0.15, 0.2) is 0 Å². The second-order valence-electron chi connectivity index (χ2n) is 9.66. The van der Waals surface area contributed by atoms with Crippen LogP contribution >= 0.6 is 0 Å². The van der Waals surface area contributed by atoms with Crippen LogP contribution in [0.2, 0.25) is 0 Å². The molecule has 2 amide bonds. The van der Waals surface area contributed by atoms with Crippen molar-refractivity contribution < 1.29 is 22.7 Å². The van der Waals surface area contributed by atoms with Crippen LogP contribution in [0.15, 0.2) is 54.6 Å². The number of nitrogens with zero attached hydrogens (tertiary/aromatic N) is 2. The summed E-state index contributed by atoms with van der Waals surface area (Å²) in [6.07, 6.45) is 1.97. The molecule has 0 aliphatic heterocycles. The second-order valence-corrected chi connectivity index (χ2v) is 11.6. The minimum absolute atomic E-state index is 0.267. The van der Waals surface area contributed by atoms with Crippen molar-refractivity contribution in [2.75, 3.05) is 30.3 Å². The van der Waals surface area contributed by atoms with Crippen molar-refractivity contribution in [3.63, 3.8) is 0 Å². The van der Waals surface area contributed by atoms with E-state index in [1.165, 1.54) is 4.90 Å². The van der Waals surface area contributed by atoms with E-state index >= 15 is 0 Å². The number of carbonyl (C=O) groups excluding carboxylic acids is 2. The number of amides is 2. The number of rotatable bonds is 12. The third kappa shape index (κ3) is 8.55. The fourth-order valence-electron chi connectivity index (χ4n) is 3.88. The standard InChI is InChI=1S/C27H39N3O5S/c1-7-22(26(32)28-27(3,4)5)29(19-18-21-14-10-9-11-15-21)25(31)20-30(36(6,33)34)23-16-12-13-17-24(23)35-8-2/h9-17,22H,7-8,18-20H2,1-6H3,(H,28,32). The lowest BCUT2D eigenvalue weighted by Gasteiger charge is -2.34. The third-order valence-corrected chi connectivity index (χ3v) is 6.61. The zero-order valence-corrected chi connectivity index (χ0v) is 23.0. The van der Waals surface area contributed by atoms with E-state index in [1.54, 1.807) is 31.2 Å². The fourth-order valence-corrected chi connectivity index (χ4v) is 4.74. The number of carbonyl (C=O) groups is 2. The molecule has 0 spiro atoms. The van der Waals surface area contributed by atoms with Gasteiger partial charge in [-0.3, -0.25) is 13.9 Å². The highest BCUT2D eigenvalue weighted by Crippen LogP contribution is 2.30. The number of hydrogen-bond acceptors (Lipinski definition) is 5. The van der Waals surface area contributed by atoms with Crippen LogP contribution in [0, 0.1) is 0 Å². The summed E-state index contributed by atoms with van der Waals surface area (Å²) < 4.78 is 32.3. The Hall–Kier alpha value is -3.07. The maximum atomic E-state index is 13.7. The molecular weight excluding hydrogens is 478 g/mol. The zero-order valence-electron chi connectivity index (χ0n) is 22.2. The lowest BCUT2D eigenvalue weighted by molar-refractivity contribution is -0.140. The van der Waals surface area contributed by atoms with E-state index in [4.69, 9.17) is 4.74 Å². The predicted molar refractivity (Wildman–Crippen MR) is 144 cm³/mol. The summed E-state index contributed by atoms with van der Waals surface area (Å²) >= 11 is 0. The number of benzene rings is 2. The van der Waals surface area contributed by atoms with Crippen molar-refractivity contribution >= 4 is 27.5 Å². The van der Waals surface area contributed by atoms with Crippen LogP contribution in [0.4, 0.5) is 5.69 Å². The van der Waals surface area contributed by atoms with Gasteiger partial charge in [0.25, 0.3) is 0 Å². The summed E-state index contributed by atoms with van der Waals surface area (Å²) in [5.41, 5.74) is 0.821. The maximum absolute atomic E-state index is 13.7. The second kappa shape index (κ2) is 12.8. The number of ether oxygens (including phenoxy) is 1. The van der Waals surface area contributed by atoms with Crippen LogP contribution in [0.25, 0.3) is 0 Å². The maximum Gasteiger partial charge on any atom is 0.244 e. The molecule has 1 atom stereocenters. The van der Waals surface area contributed by atoms with E-state index in [0.29, 0.717) is 25.2 Å². The summed E-state index contributed by atoms with van der Waals surface area (Å²) in [5, 5.41) is 2.96. The van der Waals surface area contributed by atoms with Crippen LogP contribution in [-0.4, -0.2) is 62.7 Å². The number of hydrogen-bond donors (Lipinski definition) is 1. The quantitative estimate of drug-likeness (QED) is 0.464. The highest BCUT2D eigenvalue weighted by atomic mass is 32.2. The zero-order chi connectivity index (χ0) is 26.9. The molecule has 36 heavy (non-hydrogen) atoms. The van der Waals surface area contributed by atoms with E-state index in [1.807, 2.05) is 58.0 Å². The molecule has 2 aromatic rings. The van der Waals surface area contributed by atoms with Crippen LogP contribution < -0.4 is 14.4 Å². The number of sulfonamides is 1. The Morgan fingerprint density at radius 1 is 1.00 bits per heavy atom. The Labute approximate surface area is 215 Å². The van der Waals surface area contributed by atoms with Gasteiger partial charge in [-0.2, -0.15) is 0 Å². The molecular formula is C27H39N3O5S. The van der Waals surface area contributed by atoms with Gasteiger partial charge in [0.2, 0.25) is 21.8 Å². The molecule has 8 nitrogen and oxygen atoms in total. The van der Waals surface area contributed by atoms with E-state index in [-0.39, 0.29) is 18.1 Å². The molecule has 0 fully saturated rings. The molecule has 0 bridgehead atoms. The minimum Gasteiger partial charge on any atom is -0.492 e. The van der Waals surface area contributed by atoms with Gasteiger partial charge in [0.1, 0.15) is 18.3 Å². The van der Waals surface area contributed by atoms with Crippen molar-refractivity contribution in [2.45, 2.75) is 59.0 Å². The van der Waals surface area contributed by atoms with Gasteiger partial charge in [-0.1, -0.05) is 49.4 Å². The first-order valence-corrected chi connectivity index (χ1v) is 14.1. The van der Waals surface area contributed by atoms with Gasteiger partial charge in [-0.15, -0.1) is 0 Å². The van der Waals surface area contributed by atoms with Crippen molar-refractivity contribution in [2.24, 2.45) is 0 Å². The molecule has 0 aliphatic rings. The van der Waals surface area contributed by atoms with Crippen molar-refractivity contribution in [1.29, 1.82) is 0 Å². The summed E-state index contributed by atoms with van der Waals surface area (Å²) in [6, 6.07) is 15.6. The van der Waals surface area contributed by atoms with Crippen LogP contribution in [0.1, 0.15) is 46.6 Å². The van der Waals surface area contributed by atoms with Gasteiger partial charge in [0.05, 0.1) is 18.6 Å². The lowest BCUT2D eigenvalue weighted by atomic mass is 10.1. The number of nitrogens with one attached hydrogen (secondary N) is 1.